The van der Waals surface area contributed by atoms with Crippen molar-refractivity contribution in [2.24, 2.45) is 4.99 Å². The van der Waals surface area contributed by atoms with Crippen LogP contribution in [0.5, 0.6) is 0 Å². The topological polar surface area (TPSA) is 27.6 Å². The number of thiophene rings is 1. The molecule has 0 spiro atoms. The van der Waals surface area contributed by atoms with Crippen LogP contribution in [0, 0.1) is 6.92 Å². The maximum Gasteiger partial charge on any atom is 0.193 e. The summed E-state index contributed by atoms with van der Waals surface area (Å²) in [5, 5.41) is 5.57. The molecule has 2 aromatic rings. The molecule has 0 radical (unpaired) electrons. The number of hydrogen-bond donors (Lipinski definition) is 1. The molecular formula is C18H25N3S. The standard InChI is InChI=1S/C18H25N3S/c1-15-6-8-16(9-7-15)10-12-20-18(19-2)21(3)13-11-17-5-4-14-22-17/h4-9,14H,10-13H2,1-3H3,(H,19,20). The molecule has 4 heteroatoms. The number of rotatable bonds is 6. The van der Waals surface area contributed by atoms with Gasteiger partial charge >= 0.3 is 0 Å². The van der Waals surface area contributed by atoms with Crippen molar-refractivity contribution in [2.45, 2.75) is 19.8 Å². The molecule has 1 heterocycles. The lowest BCUT2D eigenvalue weighted by Crippen LogP contribution is -2.40. The summed E-state index contributed by atoms with van der Waals surface area (Å²) >= 11 is 1.81. The largest absolute Gasteiger partial charge is 0.356 e. The second-order valence-electron chi connectivity index (χ2n) is 5.46. The fourth-order valence-electron chi connectivity index (χ4n) is 2.30. The lowest BCUT2D eigenvalue weighted by atomic mass is 10.1. The Kier molecular flexibility index (Phi) is 6.46. The van der Waals surface area contributed by atoms with Gasteiger partial charge in [-0.3, -0.25) is 4.99 Å². The van der Waals surface area contributed by atoms with E-state index in [0.717, 1.165) is 31.9 Å². The second-order valence-corrected chi connectivity index (χ2v) is 6.49. The smallest absolute Gasteiger partial charge is 0.193 e. The number of guanidine groups is 1. The van der Waals surface area contributed by atoms with Crippen LogP contribution in [-0.4, -0.2) is 38.0 Å². The van der Waals surface area contributed by atoms with Gasteiger partial charge in [0.15, 0.2) is 5.96 Å². The molecular weight excluding hydrogens is 290 g/mol. The average Bonchev–Trinajstić information content (AvgIpc) is 3.04. The Hall–Kier alpha value is -1.81. The van der Waals surface area contributed by atoms with Crippen LogP contribution in [0.15, 0.2) is 46.8 Å². The first-order chi connectivity index (χ1) is 10.7. The molecule has 0 aliphatic heterocycles. The molecule has 0 atom stereocenters. The van der Waals surface area contributed by atoms with Crippen LogP contribution in [0.1, 0.15) is 16.0 Å². The van der Waals surface area contributed by atoms with Crippen molar-refractivity contribution < 1.29 is 0 Å². The van der Waals surface area contributed by atoms with Gasteiger partial charge in [0.25, 0.3) is 0 Å². The molecule has 22 heavy (non-hydrogen) atoms. The van der Waals surface area contributed by atoms with Crippen LogP contribution in [0.4, 0.5) is 0 Å². The first kappa shape index (κ1) is 16.6. The van der Waals surface area contributed by atoms with Crippen molar-refractivity contribution in [1.82, 2.24) is 10.2 Å². The van der Waals surface area contributed by atoms with E-state index < -0.39 is 0 Å². The lowest BCUT2D eigenvalue weighted by molar-refractivity contribution is 0.487. The lowest BCUT2D eigenvalue weighted by Gasteiger charge is -2.21. The van der Waals surface area contributed by atoms with Gasteiger partial charge in [-0.15, -0.1) is 11.3 Å². The van der Waals surface area contributed by atoms with Crippen molar-refractivity contribution in [3.05, 3.63) is 57.8 Å². The van der Waals surface area contributed by atoms with Crippen LogP contribution in [0.2, 0.25) is 0 Å². The number of aliphatic imine (C=N–C) groups is 1. The van der Waals surface area contributed by atoms with Gasteiger partial charge in [-0.1, -0.05) is 35.9 Å². The van der Waals surface area contributed by atoms with Gasteiger partial charge < -0.3 is 10.2 Å². The molecule has 1 aromatic carbocycles. The summed E-state index contributed by atoms with van der Waals surface area (Å²) in [5.74, 6) is 0.962. The first-order valence-electron chi connectivity index (χ1n) is 7.69. The van der Waals surface area contributed by atoms with E-state index in [9.17, 15) is 0 Å². The zero-order valence-corrected chi connectivity index (χ0v) is 14.5. The van der Waals surface area contributed by atoms with E-state index >= 15 is 0 Å². The number of benzene rings is 1. The summed E-state index contributed by atoms with van der Waals surface area (Å²) in [5.41, 5.74) is 2.66. The van der Waals surface area contributed by atoms with E-state index in [2.05, 4.69) is 71.0 Å². The maximum absolute atomic E-state index is 4.37. The van der Waals surface area contributed by atoms with Crippen LogP contribution in [0.25, 0.3) is 0 Å². The SMILES string of the molecule is CN=C(NCCc1ccc(C)cc1)N(C)CCc1cccs1. The molecule has 0 aliphatic rings. The molecule has 0 bridgehead atoms. The monoisotopic (exact) mass is 315 g/mol. The van der Waals surface area contributed by atoms with E-state index in [1.165, 1.54) is 16.0 Å². The average molecular weight is 315 g/mol. The third-order valence-corrected chi connectivity index (χ3v) is 4.60. The molecule has 0 unspecified atom stereocenters. The molecule has 118 valence electrons. The van der Waals surface area contributed by atoms with Crippen molar-refractivity contribution in [3.63, 3.8) is 0 Å². The van der Waals surface area contributed by atoms with Crippen LogP contribution >= 0.6 is 11.3 Å². The summed E-state index contributed by atoms with van der Waals surface area (Å²) in [4.78, 5) is 7.98. The highest BCUT2D eigenvalue weighted by Crippen LogP contribution is 2.09. The van der Waals surface area contributed by atoms with E-state index in [4.69, 9.17) is 0 Å². The Morgan fingerprint density at radius 3 is 2.59 bits per heavy atom. The predicted octanol–water partition coefficient (Wildman–Crippen LogP) is 3.35. The van der Waals surface area contributed by atoms with E-state index in [-0.39, 0.29) is 0 Å². The van der Waals surface area contributed by atoms with Gasteiger partial charge in [0, 0.05) is 32.1 Å². The van der Waals surface area contributed by atoms with Crippen LogP contribution in [0.3, 0.4) is 0 Å². The Balaban J connectivity index is 1.75. The predicted molar refractivity (Wildman–Crippen MR) is 96.9 cm³/mol. The summed E-state index contributed by atoms with van der Waals surface area (Å²) in [6.07, 6.45) is 2.07. The molecule has 0 aliphatic carbocycles. The van der Waals surface area contributed by atoms with Crippen molar-refractivity contribution >= 4 is 17.3 Å². The number of hydrogen-bond acceptors (Lipinski definition) is 2. The van der Waals surface area contributed by atoms with E-state index in [0.29, 0.717) is 0 Å². The highest BCUT2D eigenvalue weighted by molar-refractivity contribution is 7.09. The number of nitrogens with zero attached hydrogens (tertiary/aromatic N) is 2. The molecule has 0 amide bonds. The van der Waals surface area contributed by atoms with Gasteiger partial charge in [-0.2, -0.15) is 0 Å². The van der Waals surface area contributed by atoms with Crippen molar-refractivity contribution in [1.29, 1.82) is 0 Å². The van der Waals surface area contributed by atoms with Crippen molar-refractivity contribution in [3.8, 4) is 0 Å². The quantitative estimate of drug-likeness (QED) is 0.654. The summed E-state index contributed by atoms with van der Waals surface area (Å²) in [6, 6.07) is 13.0. The van der Waals surface area contributed by atoms with Crippen LogP contribution in [-0.2, 0) is 12.8 Å². The fraction of sp³-hybridized carbons (Fsp3) is 0.389. The van der Waals surface area contributed by atoms with Gasteiger partial charge in [-0.05, 0) is 36.8 Å². The first-order valence-corrected chi connectivity index (χ1v) is 8.56. The number of aryl methyl sites for hydroxylation is 1. The molecule has 1 N–H and O–H groups in total. The molecule has 0 fully saturated rings. The zero-order chi connectivity index (χ0) is 15.8. The molecule has 0 saturated carbocycles. The number of nitrogens with one attached hydrogen (secondary N) is 1. The van der Waals surface area contributed by atoms with Gasteiger partial charge in [-0.25, -0.2) is 0 Å². The second kappa shape index (κ2) is 8.59. The summed E-state index contributed by atoms with van der Waals surface area (Å²) < 4.78 is 0. The third-order valence-electron chi connectivity index (χ3n) is 3.66. The van der Waals surface area contributed by atoms with E-state index in [1.54, 1.807) is 0 Å². The molecule has 1 aromatic heterocycles. The zero-order valence-electron chi connectivity index (χ0n) is 13.7. The maximum atomic E-state index is 4.37. The van der Waals surface area contributed by atoms with Crippen molar-refractivity contribution in [2.75, 3.05) is 27.2 Å². The Bertz CT molecular complexity index is 573. The minimum atomic E-state index is 0.902. The Labute approximate surface area is 137 Å². The van der Waals surface area contributed by atoms with Gasteiger partial charge in [0.05, 0.1) is 0 Å². The van der Waals surface area contributed by atoms with Gasteiger partial charge in [0.1, 0.15) is 0 Å². The summed E-state index contributed by atoms with van der Waals surface area (Å²) in [6.45, 7) is 4.00. The molecule has 3 nitrogen and oxygen atoms in total. The van der Waals surface area contributed by atoms with Gasteiger partial charge in [0.2, 0.25) is 0 Å². The highest BCUT2D eigenvalue weighted by Gasteiger charge is 2.06. The van der Waals surface area contributed by atoms with Crippen LogP contribution < -0.4 is 5.32 Å². The minimum Gasteiger partial charge on any atom is -0.356 e. The molecule has 0 saturated heterocycles. The Morgan fingerprint density at radius 1 is 1.18 bits per heavy atom. The van der Waals surface area contributed by atoms with E-state index in [1.807, 2.05) is 18.4 Å². The fourth-order valence-corrected chi connectivity index (χ4v) is 2.99. The normalized spacial score (nSPS) is 11.5. The summed E-state index contributed by atoms with van der Waals surface area (Å²) in [7, 11) is 3.94. The third kappa shape index (κ3) is 5.19. The molecule has 2 rings (SSSR count). The highest BCUT2D eigenvalue weighted by atomic mass is 32.1. The number of likely N-dealkylation sites (N-methyl/N-ethyl adjacent to an activating group) is 1. The Morgan fingerprint density at radius 2 is 1.95 bits per heavy atom. The minimum absolute atomic E-state index is 0.902.